The highest BCUT2D eigenvalue weighted by atomic mass is 32.1. The molecule has 0 amide bonds. The van der Waals surface area contributed by atoms with Gasteiger partial charge in [0.1, 0.15) is 0 Å². The lowest BCUT2D eigenvalue weighted by atomic mass is 10.0. The van der Waals surface area contributed by atoms with Gasteiger partial charge in [0.25, 0.3) is 0 Å². The fraction of sp³-hybridized carbons (Fsp3) is 0.440. The van der Waals surface area contributed by atoms with Crippen molar-refractivity contribution < 1.29 is 19.7 Å². The van der Waals surface area contributed by atoms with Crippen molar-refractivity contribution in [2.75, 3.05) is 16.4 Å². The van der Waals surface area contributed by atoms with E-state index in [2.05, 4.69) is 29.0 Å². The summed E-state index contributed by atoms with van der Waals surface area (Å²) in [5.41, 5.74) is 8.13. The molecule has 2 aromatic rings. The minimum Gasteiger partial charge on any atom is -0.466 e. The fourth-order valence-electron chi connectivity index (χ4n) is 4.37. The van der Waals surface area contributed by atoms with Crippen LogP contribution < -0.4 is 9.80 Å². The van der Waals surface area contributed by atoms with Crippen LogP contribution in [-0.2, 0) is 9.53 Å². The monoisotopic (exact) mass is 458 g/mol. The Hall–Kier alpha value is -2.48. The molecule has 0 aliphatic carbocycles. The van der Waals surface area contributed by atoms with Gasteiger partial charge < -0.3 is 14.9 Å². The van der Waals surface area contributed by atoms with Gasteiger partial charge >= 0.3 is 5.97 Å². The zero-order valence-corrected chi connectivity index (χ0v) is 21.0. The average molecular weight is 459 g/mol. The van der Waals surface area contributed by atoms with Gasteiger partial charge in [-0.05, 0) is 82.9 Å². The van der Waals surface area contributed by atoms with Crippen LogP contribution >= 0.6 is 12.2 Å². The highest BCUT2D eigenvalue weighted by Gasteiger charge is 2.44. The summed E-state index contributed by atoms with van der Waals surface area (Å²) >= 11 is 5.72. The minimum atomic E-state index is -1.12. The second-order valence-electron chi connectivity index (χ2n) is 8.27. The molecule has 1 fully saturated rings. The lowest BCUT2D eigenvalue weighted by Gasteiger charge is -2.27. The molecule has 7 heteroatoms. The largest absolute Gasteiger partial charge is 0.466 e. The van der Waals surface area contributed by atoms with Crippen LogP contribution in [0.2, 0.25) is 0 Å². The Morgan fingerprint density at radius 1 is 0.844 bits per heavy atom. The SMILES string of the molecule is CCOC(C)=O.Cc1cc(C)c(N2C(=S)N(c3c(C)cc(C)cc3C)[C@@H](O)[C@@H]2O)c(C)c1. The van der Waals surface area contributed by atoms with E-state index in [1.807, 2.05) is 41.5 Å². The van der Waals surface area contributed by atoms with Gasteiger partial charge in [0.05, 0.1) is 18.0 Å². The number of anilines is 2. The maximum Gasteiger partial charge on any atom is 0.302 e. The quantitative estimate of drug-likeness (QED) is 0.523. The Morgan fingerprint density at radius 3 is 1.38 bits per heavy atom. The fourth-order valence-corrected chi connectivity index (χ4v) is 4.77. The number of carbonyl (C=O) groups excluding carboxylic acids is 1. The van der Waals surface area contributed by atoms with E-state index >= 15 is 0 Å². The Kier molecular flexibility index (Phi) is 8.40. The molecule has 2 N–H and O–H groups in total. The third-order valence-corrected chi connectivity index (χ3v) is 5.70. The van der Waals surface area contributed by atoms with Crippen molar-refractivity contribution >= 4 is 34.7 Å². The number of benzene rings is 2. The van der Waals surface area contributed by atoms with E-state index in [0.29, 0.717) is 11.7 Å². The summed E-state index contributed by atoms with van der Waals surface area (Å²) in [5, 5.41) is 22.0. The van der Waals surface area contributed by atoms with Crippen molar-refractivity contribution in [3.05, 3.63) is 57.6 Å². The average Bonchev–Trinajstić information content (AvgIpc) is 2.85. The molecule has 1 aliphatic heterocycles. The number of rotatable bonds is 3. The Morgan fingerprint density at radius 2 is 1.16 bits per heavy atom. The molecule has 2 aromatic carbocycles. The van der Waals surface area contributed by atoms with Crippen LogP contribution in [0.5, 0.6) is 0 Å². The number of hydrogen-bond acceptors (Lipinski definition) is 5. The van der Waals surface area contributed by atoms with Crippen LogP contribution in [0.15, 0.2) is 24.3 Å². The first-order valence-electron chi connectivity index (χ1n) is 10.7. The summed E-state index contributed by atoms with van der Waals surface area (Å²) < 4.78 is 4.40. The van der Waals surface area contributed by atoms with Crippen LogP contribution in [0.3, 0.4) is 0 Å². The number of hydrogen-bond donors (Lipinski definition) is 2. The normalized spacial score (nSPS) is 17.9. The predicted octanol–water partition coefficient (Wildman–Crippen LogP) is 4.35. The van der Waals surface area contributed by atoms with E-state index in [1.54, 1.807) is 16.7 Å². The van der Waals surface area contributed by atoms with Crippen LogP contribution in [-0.4, -0.2) is 40.4 Å². The molecular formula is C25H34N2O4S. The minimum absolute atomic E-state index is 0.211. The molecule has 174 valence electrons. The molecule has 0 saturated carbocycles. The number of aliphatic hydroxyl groups excluding tert-OH is 2. The van der Waals surface area contributed by atoms with Gasteiger partial charge in [-0.3, -0.25) is 14.6 Å². The third kappa shape index (κ3) is 5.28. The van der Waals surface area contributed by atoms with Crippen molar-refractivity contribution in [3.63, 3.8) is 0 Å². The van der Waals surface area contributed by atoms with Crippen molar-refractivity contribution in [2.24, 2.45) is 0 Å². The van der Waals surface area contributed by atoms with Gasteiger partial charge in [-0.15, -0.1) is 0 Å². The first kappa shape index (κ1) is 25.8. The molecule has 32 heavy (non-hydrogen) atoms. The summed E-state index contributed by atoms with van der Waals surface area (Å²) in [7, 11) is 0. The molecule has 0 bridgehead atoms. The second kappa shape index (κ2) is 10.4. The first-order valence-corrected chi connectivity index (χ1v) is 11.1. The molecule has 0 unspecified atom stereocenters. The maximum absolute atomic E-state index is 10.8. The molecule has 2 atom stereocenters. The van der Waals surface area contributed by atoms with E-state index in [4.69, 9.17) is 12.2 Å². The van der Waals surface area contributed by atoms with Crippen LogP contribution in [0.1, 0.15) is 47.2 Å². The van der Waals surface area contributed by atoms with Gasteiger partial charge in [0.15, 0.2) is 17.6 Å². The molecule has 3 rings (SSSR count). The van der Waals surface area contributed by atoms with Crippen LogP contribution in [0, 0.1) is 41.5 Å². The van der Waals surface area contributed by atoms with E-state index in [9.17, 15) is 15.0 Å². The van der Waals surface area contributed by atoms with Gasteiger partial charge in [0, 0.05) is 6.92 Å². The van der Waals surface area contributed by atoms with E-state index in [1.165, 1.54) is 6.92 Å². The highest BCUT2D eigenvalue weighted by Crippen LogP contribution is 2.38. The van der Waals surface area contributed by atoms with Crippen LogP contribution in [0.4, 0.5) is 11.4 Å². The highest BCUT2D eigenvalue weighted by molar-refractivity contribution is 7.80. The molecule has 1 saturated heterocycles. The van der Waals surface area contributed by atoms with Crippen molar-refractivity contribution in [1.82, 2.24) is 0 Å². The number of esters is 1. The molecule has 0 aromatic heterocycles. The Bertz CT molecular complexity index is 903. The maximum atomic E-state index is 10.8. The number of ether oxygens (including phenoxy) is 1. The number of carbonyl (C=O) groups is 1. The summed E-state index contributed by atoms with van der Waals surface area (Å²) in [5.74, 6) is -0.211. The zero-order chi connectivity index (χ0) is 24.3. The number of aryl methyl sites for hydroxylation is 6. The van der Waals surface area contributed by atoms with Gasteiger partial charge in [-0.25, -0.2) is 0 Å². The van der Waals surface area contributed by atoms with E-state index in [0.717, 1.165) is 44.8 Å². The predicted molar refractivity (Wildman–Crippen MR) is 133 cm³/mol. The smallest absolute Gasteiger partial charge is 0.302 e. The van der Waals surface area contributed by atoms with Crippen molar-refractivity contribution in [2.45, 2.75) is 67.8 Å². The molecule has 0 spiro atoms. The van der Waals surface area contributed by atoms with Crippen molar-refractivity contribution in [3.8, 4) is 0 Å². The summed E-state index contributed by atoms with van der Waals surface area (Å²) in [6.45, 7) is 15.7. The standard InChI is InChI=1S/C21H26N2O2S.C4H8O2/c1-11-7-13(3)17(14(4)8-11)22-19(24)20(25)23(21(22)26)18-15(5)9-12(2)10-16(18)6;1-3-6-4(2)5/h7-10,19-20,24-25H,1-6H3;3H2,1-2H3/t19-,20-;/m0./s1. The topological polar surface area (TPSA) is 73.2 Å². The second-order valence-corrected chi connectivity index (χ2v) is 8.63. The molecule has 1 heterocycles. The Labute approximate surface area is 196 Å². The molecular weight excluding hydrogens is 424 g/mol. The number of aliphatic hydroxyl groups is 2. The van der Waals surface area contributed by atoms with E-state index in [-0.39, 0.29) is 5.97 Å². The molecule has 6 nitrogen and oxygen atoms in total. The van der Waals surface area contributed by atoms with Gasteiger partial charge in [-0.1, -0.05) is 35.4 Å². The van der Waals surface area contributed by atoms with Crippen LogP contribution in [0.25, 0.3) is 0 Å². The first-order chi connectivity index (χ1) is 14.9. The lowest BCUT2D eigenvalue weighted by Crippen LogP contribution is -2.37. The lowest BCUT2D eigenvalue weighted by molar-refractivity contribution is -0.140. The number of nitrogens with zero attached hydrogens (tertiary/aromatic N) is 2. The summed E-state index contributed by atoms with van der Waals surface area (Å²) in [6, 6.07) is 8.26. The van der Waals surface area contributed by atoms with Gasteiger partial charge in [-0.2, -0.15) is 0 Å². The van der Waals surface area contributed by atoms with Crippen molar-refractivity contribution in [1.29, 1.82) is 0 Å². The van der Waals surface area contributed by atoms with E-state index < -0.39 is 12.5 Å². The van der Waals surface area contributed by atoms with Gasteiger partial charge in [0.2, 0.25) is 0 Å². The third-order valence-electron chi connectivity index (χ3n) is 5.31. The zero-order valence-electron chi connectivity index (χ0n) is 20.2. The molecule has 0 radical (unpaired) electrons. The molecule has 1 aliphatic rings. The summed E-state index contributed by atoms with van der Waals surface area (Å²) in [4.78, 5) is 13.2. The summed E-state index contributed by atoms with van der Waals surface area (Å²) in [6.07, 6.45) is -2.24. The Balaban J connectivity index is 0.000000534. The number of thiocarbonyl (C=S) groups is 1.